The van der Waals surface area contributed by atoms with E-state index in [1.807, 2.05) is 24.7 Å². The van der Waals surface area contributed by atoms with Crippen LogP contribution in [0.1, 0.15) is 25.1 Å². The fourth-order valence-corrected chi connectivity index (χ4v) is 1.09. The minimum absolute atomic E-state index is 0.604. The Morgan fingerprint density at radius 3 is 2.83 bits per heavy atom. The second-order valence-corrected chi connectivity index (χ2v) is 2.67. The van der Waals surface area contributed by atoms with Crippen LogP contribution in [-0.4, -0.2) is 20.7 Å². The van der Waals surface area contributed by atoms with Gasteiger partial charge in [-0.1, -0.05) is 5.16 Å². The van der Waals surface area contributed by atoms with E-state index in [0.29, 0.717) is 5.71 Å². The maximum Gasteiger partial charge on any atom is 0.0871 e. The molecule has 0 fully saturated rings. The van der Waals surface area contributed by atoms with Crippen molar-refractivity contribution in [3.05, 3.63) is 17.5 Å². The van der Waals surface area contributed by atoms with Gasteiger partial charge in [-0.2, -0.15) is 5.10 Å². The highest BCUT2D eigenvalue weighted by Gasteiger charge is 2.06. The monoisotopic (exact) mass is 167 g/mol. The molecule has 0 saturated carbocycles. The second kappa shape index (κ2) is 3.38. The van der Waals surface area contributed by atoms with Gasteiger partial charge in [0.1, 0.15) is 0 Å². The molecule has 0 radical (unpaired) electrons. The van der Waals surface area contributed by atoms with Gasteiger partial charge in [0.25, 0.3) is 0 Å². The first kappa shape index (κ1) is 8.77. The highest BCUT2D eigenvalue weighted by Crippen LogP contribution is 2.06. The zero-order valence-corrected chi connectivity index (χ0v) is 7.57. The third-order valence-electron chi connectivity index (χ3n) is 1.81. The minimum atomic E-state index is 0.604. The summed E-state index contributed by atoms with van der Waals surface area (Å²) in [7, 11) is 0. The lowest BCUT2D eigenvalue weighted by atomic mass is 10.2. The zero-order chi connectivity index (χ0) is 9.14. The topological polar surface area (TPSA) is 50.4 Å². The van der Waals surface area contributed by atoms with E-state index in [1.54, 1.807) is 6.92 Å². The van der Waals surface area contributed by atoms with Gasteiger partial charge in [-0.3, -0.25) is 4.68 Å². The van der Waals surface area contributed by atoms with Crippen LogP contribution in [0.2, 0.25) is 0 Å². The van der Waals surface area contributed by atoms with E-state index in [9.17, 15) is 0 Å². The third-order valence-corrected chi connectivity index (χ3v) is 1.81. The number of hydrogen-bond acceptors (Lipinski definition) is 3. The van der Waals surface area contributed by atoms with Gasteiger partial charge in [-0.15, -0.1) is 0 Å². The van der Waals surface area contributed by atoms with E-state index in [2.05, 4.69) is 10.3 Å². The van der Waals surface area contributed by atoms with Crippen LogP contribution >= 0.6 is 0 Å². The Hall–Kier alpha value is -1.32. The van der Waals surface area contributed by atoms with E-state index in [0.717, 1.165) is 17.8 Å². The van der Waals surface area contributed by atoms with Crippen molar-refractivity contribution in [2.45, 2.75) is 27.3 Å². The quantitative estimate of drug-likeness (QED) is 0.411. The first-order chi connectivity index (χ1) is 5.69. The first-order valence-electron chi connectivity index (χ1n) is 3.92. The molecule has 1 aromatic rings. The van der Waals surface area contributed by atoms with Gasteiger partial charge >= 0.3 is 0 Å². The number of rotatable bonds is 2. The van der Waals surface area contributed by atoms with E-state index in [-0.39, 0.29) is 0 Å². The molecular weight excluding hydrogens is 154 g/mol. The summed E-state index contributed by atoms with van der Waals surface area (Å²) in [5.41, 5.74) is 2.40. The number of nitrogens with zero attached hydrogens (tertiary/aromatic N) is 3. The van der Waals surface area contributed by atoms with Crippen LogP contribution in [0.5, 0.6) is 0 Å². The van der Waals surface area contributed by atoms with Crippen LogP contribution in [0.4, 0.5) is 0 Å². The molecule has 0 saturated heterocycles. The SMILES string of the molecule is CCn1cc(/C(C)=N\O)c(C)n1. The largest absolute Gasteiger partial charge is 0.411 e. The van der Waals surface area contributed by atoms with Crippen molar-refractivity contribution in [1.29, 1.82) is 0 Å². The van der Waals surface area contributed by atoms with Crippen LogP contribution in [-0.2, 0) is 6.54 Å². The molecule has 0 amide bonds. The fourth-order valence-electron chi connectivity index (χ4n) is 1.09. The molecule has 1 heterocycles. The molecular formula is C8H13N3O. The summed E-state index contributed by atoms with van der Waals surface area (Å²) in [4.78, 5) is 0. The standard InChI is InChI=1S/C8H13N3O/c1-4-11-5-8(6(2)9-11)7(3)10-12/h5,12H,4H2,1-3H3/b10-7-. The second-order valence-electron chi connectivity index (χ2n) is 2.67. The lowest BCUT2D eigenvalue weighted by molar-refractivity contribution is 0.319. The Bertz CT molecular complexity index is 301. The highest BCUT2D eigenvalue weighted by atomic mass is 16.4. The summed E-state index contributed by atoms with van der Waals surface area (Å²) >= 11 is 0. The summed E-state index contributed by atoms with van der Waals surface area (Å²) in [6.45, 7) is 6.50. The molecule has 0 atom stereocenters. The number of aryl methyl sites for hydroxylation is 2. The molecule has 0 aromatic carbocycles. The van der Waals surface area contributed by atoms with Crippen molar-refractivity contribution < 1.29 is 5.21 Å². The van der Waals surface area contributed by atoms with Gasteiger partial charge < -0.3 is 5.21 Å². The average Bonchev–Trinajstić information content (AvgIpc) is 2.45. The highest BCUT2D eigenvalue weighted by molar-refractivity contribution is 5.98. The Morgan fingerprint density at radius 1 is 1.75 bits per heavy atom. The van der Waals surface area contributed by atoms with Crippen molar-refractivity contribution in [2.75, 3.05) is 0 Å². The van der Waals surface area contributed by atoms with Gasteiger partial charge in [0.15, 0.2) is 0 Å². The average molecular weight is 167 g/mol. The van der Waals surface area contributed by atoms with Crippen molar-refractivity contribution in [3.8, 4) is 0 Å². The number of aromatic nitrogens is 2. The first-order valence-corrected chi connectivity index (χ1v) is 3.92. The summed E-state index contributed by atoms with van der Waals surface area (Å²) < 4.78 is 1.82. The van der Waals surface area contributed by atoms with E-state index >= 15 is 0 Å². The molecule has 0 spiro atoms. The van der Waals surface area contributed by atoms with Crippen LogP contribution in [0.15, 0.2) is 11.4 Å². The maximum absolute atomic E-state index is 8.55. The van der Waals surface area contributed by atoms with Crippen molar-refractivity contribution in [2.24, 2.45) is 5.16 Å². The van der Waals surface area contributed by atoms with E-state index in [1.165, 1.54) is 0 Å². The van der Waals surface area contributed by atoms with Crippen molar-refractivity contribution >= 4 is 5.71 Å². The predicted octanol–water partition coefficient (Wildman–Crippen LogP) is 1.41. The zero-order valence-electron chi connectivity index (χ0n) is 7.57. The smallest absolute Gasteiger partial charge is 0.0871 e. The lowest BCUT2D eigenvalue weighted by Crippen LogP contribution is -1.94. The molecule has 1 aromatic heterocycles. The van der Waals surface area contributed by atoms with Crippen LogP contribution in [0.3, 0.4) is 0 Å². The molecule has 4 heteroatoms. The molecule has 12 heavy (non-hydrogen) atoms. The summed E-state index contributed by atoms with van der Waals surface area (Å²) in [6.07, 6.45) is 1.88. The normalized spacial score (nSPS) is 12.1. The molecule has 0 aliphatic rings. The van der Waals surface area contributed by atoms with Crippen LogP contribution in [0, 0.1) is 6.92 Å². The van der Waals surface area contributed by atoms with Crippen molar-refractivity contribution in [3.63, 3.8) is 0 Å². The molecule has 0 unspecified atom stereocenters. The van der Waals surface area contributed by atoms with Gasteiger partial charge in [0.2, 0.25) is 0 Å². The number of oxime groups is 1. The van der Waals surface area contributed by atoms with Crippen LogP contribution in [0.25, 0.3) is 0 Å². The molecule has 1 N–H and O–H groups in total. The summed E-state index contributed by atoms with van der Waals surface area (Å²) in [6, 6.07) is 0. The molecule has 0 aliphatic carbocycles. The molecule has 66 valence electrons. The molecule has 4 nitrogen and oxygen atoms in total. The summed E-state index contributed by atoms with van der Waals surface area (Å²) in [5.74, 6) is 0. The third kappa shape index (κ3) is 1.47. The minimum Gasteiger partial charge on any atom is -0.411 e. The lowest BCUT2D eigenvalue weighted by Gasteiger charge is -1.91. The Labute approximate surface area is 71.5 Å². The number of hydrogen-bond donors (Lipinski definition) is 1. The fraction of sp³-hybridized carbons (Fsp3) is 0.500. The Balaban J connectivity index is 3.08. The summed E-state index contributed by atoms with van der Waals surface area (Å²) in [5, 5.41) is 15.9. The maximum atomic E-state index is 8.55. The van der Waals surface area contributed by atoms with Gasteiger partial charge in [-0.25, -0.2) is 0 Å². The predicted molar refractivity (Wildman–Crippen MR) is 46.6 cm³/mol. The molecule has 0 aliphatic heterocycles. The van der Waals surface area contributed by atoms with Gasteiger partial charge in [-0.05, 0) is 20.8 Å². The molecule has 0 bridgehead atoms. The van der Waals surface area contributed by atoms with Crippen molar-refractivity contribution in [1.82, 2.24) is 9.78 Å². The van der Waals surface area contributed by atoms with Gasteiger partial charge in [0.05, 0.1) is 11.4 Å². The Kier molecular flexibility index (Phi) is 2.47. The molecule has 1 rings (SSSR count). The van der Waals surface area contributed by atoms with E-state index in [4.69, 9.17) is 5.21 Å². The van der Waals surface area contributed by atoms with E-state index < -0.39 is 0 Å². The Morgan fingerprint density at radius 2 is 2.42 bits per heavy atom. The van der Waals surface area contributed by atoms with Crippen LogP contribution < -0.4 is 0 Å². The van der Waals surface area contributed by atoms with Gasteiger partial charge in [0, 0.05) is 18.3 Å².